The van der Waals surface area contributed by atoms with Crippen LogP contribution in [0.1, 0.15) is 90.9 Å². The average Bonchev–Trinajstić information content (AvgIpc) is 3.36. The van der Waals surface area contributed by atoms with Gasteiger partial charge in [0.2, 0.25) is 0 Å². The van der Waals surface area contributed by atoms with Crippen molar-refractivity contribution in [2.45, 2.75) is 90.9 Å². The van der Waals surface area contributed by atoms with Gasteiger partial charge in [0.05, 0.1) is 0 Å². The van der Waals surface area contributed by atoms with E-state index in [0.29, 0.717) is 0 Å². The van der Waals surface area contributed by atoms with Crippen LogP contribution in [-0.2, 0) is 0 Å². The lowest BCUT2D eigenvalue weighted by Gasteiger charge is -2.31. The largest absolute Gasteiger partial charge is 0.0651 e. The van der Waals surface area contributed by atoms with E-state index in [-0.39, 0.29) is 0 Å². The summed E-state index contributed by atoms with van der Waals surface area (Å²) < 4.78 is 0. The van der Waals surface area contributed by atoms with Crippen LogP contribution in [0.3, 0.4) is 0 Å². The first-order chi connectivity index (χ1) is 11.8. The Hall–Kier alpha value is 0. The van der Waals surface area contributed by atoms with Crippen LogP contribution in [0.4, 0.5) is 0 Å². The first-order valence-electron chi connectivity index (χ1n) is 11.8. The molecule has 10 unspecified atom stereocenters. The summed E-state index contributed by atoms with van der Waals surface area (Å²) in [5.74, 6) is 11.4. The Morgan fingerprint density at radius 1 is 0.583 bits per heavy atom. The van der Waals surface area contributed by atoms with E-state index in [1.807, 2.05) is 0 Å². The average molecular weight is 329 g/mol. The molecule has 0 aromatic heterocycles. The van der Waals surface area contributed by atoms with Crippen molar-refractivity contribution in [3.05, 3.63) is 0 Å². The van der Waals surface area contributed by atoms with Gasteiger partial charge in [-0.25, -0.2) is 0 Å². The predicted octanol–water partition coefficient (Wildman–Crippen LogP) is 6.94. The molecule has 0 aliphatic heterocycles. The van der Waals surface area contributed by atoms with Gasteiger partial charge in [0.15, 0.2) is 0 Å². The van der Waals surface area contributed by atoms with E-state index in [9.17, 15) is 0 Å². The van der Waals surface area contributed by atoms with E-state index >= 15 is 0 Å². The maximum atomic E-state index is 2.49. The first kappa shape index (κ1) is 16.2. The van der Waals surface area contributed by atoms with E-state index in [1.165, 1.54) is 24.7 Å². The van der Waals surface area contributed by atoms with Crippen LogP contribution in [0.2, 0.25) is 0 Å². The molecule has 5 saturated carbocycles. The second-order valence-corrected chi connectivity index (χ2v) is 10.7. The minimum atomic E-state index is 1.10. The van der Waals surface area contributed by atoms with Crippen LogP contribution < -0.4 is 0 Å². The first-order valence-corrected chi connectivity index (χ1v) is 11.8. The molecule has 5 aliphatic carbocycles. The lowest BCUT2D eigenvalue weighted by molar-refractivity contribution is 0.175. The van der Waals surface area contributed by atoms with Crippen molar-refractivity contribution in [1.82, 2.24) is 0 Å². The highest BCUT2D eigenvalue weighted by Crippen LogP contribution is 2.64. The summed E-state index contributed by atoms with van der Waals surface area (Å²) in [6.07, 6.45) is 19.0. The van der Waals surface area contributed by atoms with Crippen molar-refractivity contribution in [1.29, 1.82) is 0 Å². The molecule has 0 aromatic rings. The molecule has 0 radical (unpaired) electrons. The summed E-state index contributed by atoms with van der Waals surface area (Å²) in [5, 5.41) is 0. The highest BCUT2D eigenvalue weighted by molar-refractivity contribution is 5.05. The lowest BCUT2D eigenvalue weighted by Crippen LogP contribution is -2.24. The molecule has 0 saturated heterocycles. The molecular weight excluding hydrogens is 288 g/mol. The molecule has 5 aliphatic rings. The van der Waals surface area contributed by atoms with E-state index in [0.717, 1.165) is 47.3 Å². The van der Waals surface area contributed by atoms with Gasteiger partial charge >= 0.3 is 0 Å². The zero-order chi connectivity index (χ0) is 16.3. The van der Waals surface area contributed by atoms with Gasteiger partial charge in [-0.2, -0.15) is 0 Å². The second kappa shape index (κ2) is 6.31. The van der Waals surface area contributed by atoms with E-state index < -0.39 is 0 Å². The van der Waals surface area contributed by atoms with Crippen molar-refractivity contribution in [2.24, 2.45) is 59.2 Å². The van der Waals surface area contributed by atoms with Crippen LogP contribution in [0.5, 0.6) is 0 Å². The standard InChI is InChI=1S/C24H40/c1-3-15-12-17(22-7-5-6-21(15)22)8-9-18-13-16(4-2)23-19-10-11-20(14-19)24(18)23/h15-24H,3-14H2,1-2H3. The molecule has 0 nitrogen and oxygen atoms in total. The van der Waals surface area contributed by atoms with E-state index in [1.54, 1.807) is 64.2 Å². The van der Waals surface area contributed by atoms with Gasteiger partial charge in [0.25, 0.3) is 0 Å². The molecule has 0 aromatic carbocycles. The molecule has 2 bridgehead atoms. The van der Waals surface area contributed by atoms with Crippen molar-refractivity contribution in [3.63, 3.8) is 0 Å². The summed E-state index contributed by atoms with van der Waals surface area (Å²) in [6.45, 7) is 4.95. The Labute approximate surface area is 150 Å². The summed E-state index contributed by atoms with van der Waals surface area (Å²) in [5.41, 5.74) is 0. The topological polar surface area (TPSA) is 0 Å². The minimum absolute atomic E-state index is 1.10. The van der Waals surface area contributed by atoms with Crippen molar-refractivity contribution >= 4 is 0 Å². The minimum Gasteiger partial charge on any atom is -0.0651 e. The normalized spacial score (nSPS) is 55.2. The zero-order valence-electron chi connectivity index (χ0n) is 16.3. The summed E-state index contributed by atoms with van der Waals surface area (Å²) >= 11 is 0. The molecule has 5 rings (SSSR count). The van der Waals surface area contributed by atoms with Crippen LogP contribution >= 0.6 is 0 Å². The fourth-order valence-electron chi connectivity index (χ4n) is 9.39. The highest BCUT2D eigenvalue weighted by Gasteiger charge is 2.56. The number of hydrogen-bond acceptors (Lipinski definition) is 0. The fourth-order valence-corrected chi connectivity index (χ4v) is 9.39. The SMILES string of the molecule is CCC1CC(CCC2CC(CC)C3C4CCC(C4)C23)C2CCCC12. The highest BCUT2D eigenvalue weighted by atomic mass is 14.6. The molecule has 0 heteroatoms. The maximum Gasteiger partial charge on any atom is -0.0323 e. The van der Waals surface area contributed by atoms with Crippen LogP contribution in [0, 0.1) is 59.2 Å². The third-order valence-electron chi connectivity index (χ3n) is 10.1. The summed E-state index contributed by atoms with van der Waals surface area (Å²) in [6, 6.07) is 0. The molecule has 0 heterocycles. The van der Waals surface area contributed by atoms with Crippen molar-refractivity contribution in [3.8, 4) is 0 Å². The molecule has 24 heavy (non-hydrogen) atoms. The fraction of sp³-hybridized carbons (Fsp3) is 1.00. The summed E-state index contributed by atoms with van der Waals surface area (Å²) in [7, 11) is 0. The van der Waals surface area contributed by atoms with Gasteiger partial charge in [0, 0.05) is 0 Å². The molecule has 136 valence electrons. The monoisotopic (exact) mass is 328 g/mol. The van der Waals surface area contributed by atoms with Gasteiger partial charge in [-0.05, 0) is 117 Å². The van der Waals surface area contributed by atoms with Gasteiger partial charge in [-0.3, -0.25) is 0 Å². The molecule has 5 fully saturated rings. The third-order valence-corrected chi connectivity index (χ3v) is 10.1. The van der Waals surface area contributed by atoms with Crippen molar-refractivity contribution in [2.75, 3.05) is 0 Å². The molecule has 10 atom stereocenters. The Bertz CT molecular complexity index is 453. The Balaban J connectivity index is 1.24. The predicted molar refractivity (Wildman–Crippen MR) is 102 cm³/mol. The van der Waals surface area contributed by atoms with E-state index in [2.05, 4.69) is 13.8 Å². The van der Waals surface area contributed by atoms with Gasteiger partial charge in [-0.1, -0.05) is 33.1 Å². The molecular formula is C24H40. The Morgan fingerprint density at radius 3 is 1.88 bits per heavy atom. The summed E-state index contributed by atoms with van der Waals surface area (Å²) in [4.78, 5) is 0. The number of rotatable bonds is 5. The Morgan fingerprint density at radius 2 is 1.17 bits per heavy atom. The van der Waals surface area contributed by atoms with Gasteiger partial charge < -0.3 is 0 Å². The van der Waals surface area contributed by atoms with Gasteiger partial charge in [0.1, 0.15) is 0 Å². The van der Waals surface area contributed by atoms with Crippen molar-refractivity contribution < 1.29 is 0 Å². The number of fused-ring (bicyclic) bond motifs is 6. The zero-order valence-corrected chi connectivity index (χ0v) is 16.3. The molecule has 0 spiro atoms. The quantitative estimate of drug-likeness (QED) is 0.513. The Kier molecular flexibility index (Phi) is 4.26. The lowest BCUT2D eigenvalue weighted by atomic mass is 9.74. The van der Waals surface area contributed by atoms with Crippen LogP contribution in [0.15, 0.2) is 0 Å². The van der Waals surface area contributed by atoms with Crippen LogP contribution in [0.25, 0.3) is 0 Å². The van der Waals surface area contributed by atoms with E-state index in [4.69, 9.17) is 0 Å². The van der Waals surface area contributed by atoms with Gasteiger partial charge in [-0.15, -0.1) is 0 Å². The third kappa shape index (κ3) is 2.37. The smallest absolute Gasteiger partial charge is 0.0323 e. The molecule has 0 N–H and O–H groups in total. The second-order valence-electron chi connectivity index (χ2n) is 10.7. The maximum absolute atomic E-state index is 2.49. The van der Waals surface area contributed by atoms with Crippen LogP contribution in [-0.4, -0.2) is 0 Å². The number of hydrogen-bond donors (Lipinski definition) is 0. The molecule has 0 amide bonds.